The van der Waals surface area contributed by atoms with E-state index >= 15 is 0 Å². The first-order chi connectivity index (χ1) is 9.30. The predicted molar refractivity (Wildman–Crippen MR) is 77.0 cm³/mol. The molecule has 116 valence electrons. The minimum atomic E-state index is -3.04. The van der Waals surface area contributed by atoms with E-state index in [0.717, 1.165) is 6.42 Å². The Morgan fingerprint density at radius 2 is 1.90 bits per heavy atom. The molecule has 0 radical (unpaired) electrons. The maximum absolute atomic E-state index is 12.3. The molecule has 1 fully saturated rings. The van der Waals surface area contributed by atoms with Gasteiger partial charge < -0.3 is 10.2 Å². The average molecular weight is 304 g/mol. The summed E-state index contributed by atoms with van der Waals surface area (Å²) >= 11 is 0. The van der Waals surface area contributed by atoms with Crippen LogP contribution in [0.25, 0.3) is 0 Å². The molecule has 20 heavy (non-hydrogen) atoms. The third-order valence-corrected chi connectivity index (χ3v) is 4.49. The normalized spacial score (nSPS) is 23.9. The third-order valence-electron chi connectivity index (χ3n) is 3.46. The number of rotatable bonds is 7. The Bertz CT molecular complexity index is 461. The Morgan fingerprint density at radius 1 is 1.25 bits per heavy atom. The van der Waals surface area contributed by atoms with Gasteiger partial charge in [0.25, 0.3) is 0 Å². The second-order valence-corrected chi connectivity index (χ2v) is 7.55. The molecule has 0 saturated carbocycles. The number of hydrogen-bond acceptors (Lipinski definition) is 4. The van der Waals surface area contributed by atoms with Crippen molar-refractivity contribution >= 4 is 21.7 Å². The molecule has 1 aliphatic rings. The van der Waals surface area contributed by atoms with Crippen LogP contribution in [0.15, 0.2) is 0 Å². The van der Waals surface area contributed by atoms with Gasteiger partial charge in [-0.15, -0.1) is 0 Å². The molecule has 2 atom stereocenters. The van der Waals surface area contributed by atoms with E-state index in [1.54, 1.807) is 4.90 Å². The lowest BCUT2D eigenvalue weighted by Gasteiger charge is -2.38. The number of carbonyl (C=O) groups excluding carboxylic acids is 2. The molecule has 0 aromatic rings. The first kappa shape index (κ1) is 16.9. The Labute approximate surface area is 120 Å². The maximum Gasteiger partial charge on any atom is 0.245 e. The second kappa shape index (κ2) is 7.06. The van der Waals surface area contributed by atoms with E-state index in [1.165, 1.54) is 6.26 Å². The van der Waals surface area contributed by atoms with Crippen LogP contribution in [0, 0.1) is 0 Å². The average Bonchev–Trinajstić information content (AvgIpc) is 2.35. The summed E-state index contributed by atoms with van der Waals surface area (Å²) in [6.45, 7) is 4.12. The van der Waals surface area contributed by atoms with Gasteiger partial charge in [-0.3, -0.25) is 9.59 Å². The van der Waals surface area contributed by atoms with Crippen LogP contribution in [0.1, 0.15) is 39.5 Å². The molecule has 1 rings (SSSR count). The van der Waals surface area contributed by atoms with E-state index in [1.807, 2.05) is 13.8 Å². The summed E-state index contributed by atoms with van der Waals surface area (Å²) in [5.41, 5.74) is 0. The summed E-state index contributed by atoms with van der Waals surface area (Å²) in [5, 5.41) is 2.74. The van der Waals surface area contributed by atoms with Gasteiger partial charge in [0.15, 0.2) is 0 Å². The zero-order valence-corrected chi connectivity index (χ0v) is 13.2. The quantitative estimate of drug-likeness (QED) is 0.734. The van der Waals surface area contributed by atoms with Gasteiger partial charge in [-0.25, -0.2) is 8.42 Å². The van der Waals surface area contributed by atoms with Gasteiger partial charge in [-0.05, 0) is 19.3 Å². The van der Waals surface area contributed by atoms with E-state index in [0.29, 0.717) is 25.8 Å². The standard InChI is InChI=1S/C13H24N2O4S/c1-4-7-11-12(16)14-10(5-2)13(17)15(11)8-6-9-20(3,18)19/h10-11H,4-9H2,1-3H3,(H,14,16). The number of nitrogens with one attached hydrogen (secondary N) is 1. The molecule has 1 saturated heterocycles. The Kier molecular flexibility index (Phi) is 5.98. The van der Waals surface area contributed by atoms with E-state index < -0.39 is 21.9 Å². The summed E-state index contributed by atoms with van der Waals surface area (Å²) in [6, 6.07) is -0.941. The fourth-order valence-electron chi connectivity index (χ4n) is 2.43. The van der Waals surface area contributed by atoms with Crippen molar-refractivity contribution in [2.24, 2.45) is 0 Å². The largest absolute Gasteiger partial charge is 0.343 e. The van der Waals surface area contributed by atoms with Crippen LogP contribution in [-0.2, 0) is 19.4 Å². The van der Waals surface area contributed by atoms with Gasteiger partial charge in [-0.2, -0.15) is 0 Å². The van der Waals surface area contributed by atoms with Gasteiger partial charge in [0.05, 0.1) is 5.75 Å². The number of piperazine rings is 1. The SMILES string of the molecule is CCCC1C(=O)NC(CC)C(=O)N1CCCS(C)(=O)=O. The first-order valence-electron chi connectivity index (χ1n) is 7.08. The van der Waals surface area contributed by atoms with Crippen molar-refractivity contribution in [2.75, 3.05) is 18.6 Å². The Hall–Kier alpha value is -1.11. The lowest BCUT2D eigenvalue weighted by atomic mass is 10.0. The monoisotopic (exact) mass is 304 g/mol. The van der Waals surface area contributed by atoms with Crippen LogP contribution in [-0.4, -0.2) is 55.8 Å². The molecule has 6 nitrogen and oxygen atoms in total. The van der Waals surface area contributed by atoms with Gasteiger partial charge >= 0.3 is 0 Å². The number of sulfone groups is 1. The molecule has 2 unspecified atom stereocenters. The van der Waals surface area contributed by atoms with Gasteiger partial charge in [-0.1, -0.05) is 20.3 Å². The summed E-state index contributed by atoms with van der Waals surface area (Å²) < 4.78 is 22.3. The van der Waals surface area contributed by atoms with Crippen molar-refractivity contribution in [3.8, 4) is 0 Å². The lowest BCUT2D eigenvalue weighted by Crippen LogP contribution is -2.63. The highest BCUT2D eigenvalue weighted by Crippen LogP contribution is 2.17. The van der Waals surface area contributed by atoms with E-state index in [2.05, 4.69) is 5.32 Å². The topological polar surface area (TPSA) is 83.6 Å². The molecule has 0 bridgehead atoms. The van der Waals surface area contributed by atoms with Crippen LogP contribution >= 0.6 is 0 Å². The van der Waals surface area contributed by atoms with Crippen molar-refractivity contribution < 1.29 is 18.0 Å². The zero-order valence-electron chi connectivity index (χ0n) is 12.4. The van der Waals surface area contributed by atoms with E-state index in [-0.39, 0.29) is 17.6 Å². The summed E-state index contributed by atoms with van der Waals surface area (Å²) in [6.07, 6.45) is 3.49. The van der Waals surface area contributed by atoms with Gasteiger partial charge in [0, 0.05) is 12.8 Å². The van der Waals surface area contributed by atoms with Crippen LogP contribution in [0.2, 0.25) is 0 Å². The Balaban J connectivity index is 2.77. The smallest absolute Gasteiger partial charge is 0.245 e. The molecule has 0 aliphatic carbocycles. The molecule has 7 heteroatoms. The zero-order chi connectivity index (χ0) is 15.3. The van der Waals surface area contributed by atoms with Crippen LogP contribution in [0.5, 0.6) is 0 Å². The molecular formula is C13H24N2O4S. The van der Waals surface area contributed by atoms with Crippen LogP contribution < -0.4 is 5.32 Å². The highest BCUT2D eigenvalue weighted by Gasteiger charge is 2.38. The third kappa shape index (κ3) is 4.47. The number of amides is 2. The summed E-state index contributed by atoms with van der Waals surface area (Å²) in [7, 11) is -3.04. The molecule has 1 aliphatic heterocycles. The molecule has 0 spiro atoms. The fourth-order valence-corrected chi connectivity index (χ4v) is 3.08. The van der Waals surface area contributed by atoms with Crippen molar-refractivity contribution in [2.45, 2.75) is 51.6 Å². The Morgan fingerprint density at radius 3 is 2.40 bits per heavy atom. The van der Waals surface area contributed by atoms with Crippen molar-refractivity contribution in [3.05, 3.63) is 0 Å². The molecule has 2 amide bonds. The fraction of sp³-hybridized carbons (Fsp3) is 0.846. The van der Waals surface area contributed by atoms with Crippen LogP contribution in [0.3, 0.4) is 0 Å². The maximum atomic E-state index is 12.3. The van der Waals surface area contributed by atoms with Crippen molar-refractivity contribution in [1.29, 1.82) is 0 Å². The highest BCUT2D eigenvalue weighted by molar-refractivity contribution is 7.90. The number of hydrogen-bond donors (Lipinski definition) is 1. The summed E-state index contributed by atoms with van der Waals surface area (Å²) in [5.74, 6) is -0.190. The van der Waals surface area contributed by atoms with Crippen molar-refractivity contribution in [1.82, 2.24) is 10.2 Å². The van der Waals surface area contributed by atoms with Crippen molar-refractivity contribution in [3.63, 3.8) is 0 Å². The number of carbonyl (C=O) groups is 2. The minimum Gasteiger partial charge on any atom is -0.343 e. The molecule has 1 heterocycles. The highest BCUT2D eigenvalue weighted by atomic mass is 32.2. The molecular weight excluding hydrogens is 280 g/mol. The molecule has 0 aromatic carbocycles. The van der Waals surface area contributed by atoms with Crippen LogP contribution in [0.4, 0.5) is 0 Å². The summed E-state index contributed by atoms with van der Waals surface area (Å²) in [4.78, 5) is 25.9. The molecule has 0 aromatic heterocycles. The molecule has 1 N–H and O–H groups in total. The van der Waals surface area contributed by atoms with E-state index in [4.69, 9.17) is 0 Å². The lowest BCUT2D eigenvalue weighted by molar-refractivity contribution is -0.149. The number of nitrogens with zero attached hydrogens (tertiary/aromatic N) is 1. The predicted octanol–water partition coefficient (Wildman–Crippen LogP) is 0.327. The van der Waals surface area contributed by atoms with E-state index in [9.17, 15) is 18.0 Å². The van der Waals surface area contributed by atoms with Gasteiger partial charge in [0.2, 0.25) is 11.8 Å². The second-order valence-electron chi connectivity index (χ2n) is 5.29. The first-order valence-corrected chi connectivity index (χ1v) is 9.14. The minimum absolute atomic E-state index is 0.0357. The van der Waals surface area contributed by atoms with Gasteiger partial charge in [0.1, 0.15) is 21.9 Å².